The first-order valence-corrected chi connectivity index (χ1v) is 7.87. The van der Waals surface area contributed by atoms with E-state index in [0.717, 1.165) is 6.54 Å². The highest BCUT2D eigenvalue weighted by Crippen LogP contribution is 2.38. The summed E-state index contributed by atoms with van der Waals surface area (Å²) < 4.78 is 0.287. The minimum absolute atomic E-state index is 0.287. The number of rotatable bonds is 4. The Labute approximate surface area is 118 Å². The van der Waals surface area contributed by atoms with Crippen molar-refractivity contribution in [3.05, 3.63) is 17.8 Å². The fraction of sp³-hybridized carbons (Fsp3) is 0.571. The molecule has 5 heteroatoms. The van der Waals surface area contributed by atoms with Crippen molar-refractivity contribution in [2.45, 2.75) is 36.9 Å². The Morgan fingerprint density at radius 3 is 2.84 bits per heavy atom. The molecule has 1 aliphatic carbocycles. The van der Waals surface area contributed by atoms with Crippen LogP contribution in [0.2, 0.25) is 0 Å². The Morgan fingerprint density at radius 1 is 1.47 bits per heavy atom. The van der Waals surface area contributed by atoms with Crippen LogP contribution >= 0.6 is 11.8 Å². The van der Waals surface area contributed by atoms with Gasteiger partial charge in [0.05, 0.1) is 11.3 Å². The first kappa shape index (κ1) is 14.0. The number of thioether (sulfide) groups is 1. The Hall–Kier alpha value is -1.41. The zero-order valence-electron chi connectivity index (χ0n) is 11.3. The largest absolute Gasteiger partial charge is 0.395 e. The Morgan fingerprint density at radius 2 is 2.21 bits per heavy atom. The van der Waals surface area contributed by atoms with E-state index >= 15 is 0 Å². The molecular formula is C14H20N4S. The van der Waals surface area contributed by atoms with Crippen LogP contribution in [0.5, 0.6) is 0 Å². The van der Waals surface area contributed by atoms with Crippen LogP contribution in [0.1, 0.15) is 37.7 Å². The molecule has 0 unspecified atom stereocenters. The summed E-state index contributed by atoms with van der Waals surface area (Å²) in [6, 6.07) is 3.73. The van der Waals surface area contributed by atoms with Gasteiger partial charge < -0.3 is 11.1 Å². The lowest BCUT2D eigenvalue weighted by molar-refractivity contribution is 0.411. The third kappa shape index (κ3) is 3.13. The molecule has 0 spiro atoms. The maximum atomic E-state index is 8.97. The monoisotopic (exact) mass is 276 g/mol. The summed E-state index contributed by atoms with van der Waals surface area (Å²) in [5.74, 6) is 0.637. The molecule has 0 amide bonds. The Balaban J connectivity index is 2.07. The highest BCUT2D eigenvalue weighted by atomic mass is 32.2. The zero-order chi connectivity index (χ0) is 13.7. The van der Waals surface area contributed by atoms with Crippen molar-refractivity contribution in [1.82, 2.24) is 4.98 Å². The first-order chi connectivity index (χ1) is 9.21. The summed E-state index contributed by atoms with van der Waals surface area (Å²) in [6.07, 6.45) is 10.2. The van der Waals surface area contributed by atoms with Gasteiger partial charge in [-0.3, -0.25) is 0 Å². The number of nitrogens with zero attached hydrogens (tertiary/aromatic N) is 2. The molecule has 0 atom stereocenters. The van der Waals surface area contributed by atoms with Gasteiger partial charge in [-0.2, -0.15) is 17.0 Å². The van der Waals surface area contributed by atoms with Gasteiger partial charge >= 0.3 is 0 Å². The van der Waals surface area contributed by atoms with E-state index in [1.54, 1.807) is 12.3 Å². The molecule has 0 aliphatic heterocycles. The van der Waals surface area contributed by atoms with Gasteiger partial charge in [-0.15, -0.1) is 0 Å². The summed E-state index contributed by atoms with van der Waals surface area (Å²) in [4.78, 5) is 4.24. The predicted octanol–water partition coefficient (Wildman–Crippen LogP) is 3.01. The maximum absolute atomic E-state index is 8.97. The molecule has 0 aromatic carbocycles. The lowest BCUT2D eigenvalue weighted by Crippen LogP contribution is -2.35. The topological polar surface area (TPSA) is 74.7 Å². The molecule has 0 saturated heterocycles. The lowest BCUT2D eigenvalue weighted by atomic mass is 9.88. The number of anilines is 2. The van der Waals surface area contributed by atoms with E-state index in [-0.39, 0.29) is 4.75 Å². The highest BCUT2D eigenvalue weighted by molar-refractivity contribution is 8.00. The van der Waals surface area contributed by atoms with Crippen LogP contribution in [0, 0.1) is 11.3 Å². The molecule has 4 nitrogen and oxygen atoms in total. The fourth-order valence-electron chi connectivity index (χ4n) is 2.61. The van der Waals surface area contributed by atoms with Crippen LogP contribution in [-0.4, -0.2) is 22.5 Å². The summed E-state index contributed by atoms with van der Waals surface area (Å²) in [7, 11) is 0. The average molecular weight is 276 g/mol. The van der Waals surface area contributed by atoms with Gasteiger partial charge in [0.25, 0.3) is 0 Å². The predicted molar refractivity (Wildman–Crippen MR) is 81.2 cm³/mol. The van der Waals surface area contributed by atoms with E-state index in [1.807, 2.05) is 11.8 Å². The van der Waals surface area contributed by atoms with E-state index in [9.17, 15) is 0 Å². The molecule has 2 rings (SSSR count). The second-order valence-corrected chi connectivity index (χ2v) is 6.31. The van der Waals surface area contributed by atoms with Gasteiger partial charge in [-0.25, -0.2) is 4.98 Å². The van der Waals surface area contributed by atoms with Gasteiger partial charge in [0.15, 0.2) is 5.82 Å². The second kappa shape index (κ2) is 6.16. The summed E-state index contributed by atoms with van der Waals surface area (Å²) >= 11 is 1.93. The van der Waals surface area contributed by atoms with Crippen LogP contribution < -0.4 is 11.1 Å². The van der Waals surface area contributed by atoms with Crippen LogP contribution in [0.15, 0.2) is 12.3 Å². The van der Waals surface area contributed by atoms with Crippen molar-refractivity contribution in [2.24, 2.45) is 0 Å². The first-order valence-electron chi connectivity index (χ1n) is 6.64. The molecule has 1 saturated carbocycles. The molecule has 1 heterocycles. The molecule has 3 N–H and O–H groups in total. The Kier molecular flexibility index (Phi) is 4.54. The number of hydrogen-bond donors (Lipinski definition) is 2. The van der Waals surface area contributed by atoms with Crippen LogP contribution in [-0.2, 0) is 0 Å². The standard InChI is InChI=1S/C14H20N4S/c1-19-14(6-3-2-4-7-14)10-18-13-12(16)11(9-15)5-8-17-13/h5,8H,2-4,6-7,10,16H2,1H3,(H,17,18). The number of aromatic nitrogens is 1. The third-order valence-electron chi connectivity index (χ3n) is 3.89. The molecular weight excluding hydrogens is 256 g/mol. The van der Waals surface area contributed by atoms with Gasteiger partial charge in [0, 0.05) is 17.5 Å². The number of nitrogen functional groups attached to an aromatic ring is 1. The van der Waals surface area contributed by atoms with Gasteiger partial charge in [0.1, 0.15) is 6.07 Å². The number of pyridine rings is 1. The summed E-state index contributed by atoms with van der Waals surface area (Å²) in [5.41, 5.74) is 6.88. The molecule has 0 radical (unpaired) electrons. The summed E-state index contributed by atoms with van der Waals surface area (Å²) in [6.45, 7) is 0.861. The number of nitrogens with two attached hydrogens (primary N) is 1. The Bertz CT molecular complexity index is 475. The van der Waals surface area contributed by atoms with E-state index in [4.69, 9.17) is 11.0 Å². The molecule has 0 bridgehead atoms. The lowest BCUT2D eigenvalue weighted by Gasteiger charge is -2.36. The van der Waals surface area contributed by atoms with Gasteiger partial charge in [0.2, 0.25) is 0 Å². The minimum Gasteiger partial charge on any atom is -0.395 e. The zero-order valence-corrected chi connectivity index (χ0v) is 12.1. The average Bonchev–Trinajstić information content (AvgIpc) is 2.47. The van der Waals surface area contributed by atoms with Crippen molar-refractivity contribution in [3.63, 3.8) is 0 Å². The molecule has 1 aromatic heterocycles. The van der Waals surface area contributed by atoms with Crippen LogP contribution in [0.25, 0.3) is 0 Å². The molecule has 19 heavy (non-hydrogen) atoms. The van der Waals surface area contributed by atoms with Gasteiger partial charge in [-0.1, -0.05) is 19.3 Å². The quantitative estimate of drug-likeness (QED) is 0.884. The van der Waals surface area contributed by atoms with Gasteiger partial charge in [-0.05, 0) is 25.2 Å². The van der Waals surface area contributed by atoms with Crippen molar-refractivity contribution < 1.29 is 0 Å². The van der Waals surface area contributed by atoms with E-state index in [0.29, 0.717) is 17.1 Å². The SMILES string of the molecule is CSC1(CNc2nccc(C#N)c2N)CCCCC1. The minimum atomic E-state index is 0.287. The van der Waals surface area contributed by atoms with Crippen molar-refractivity contribution in [3.8, 4) is 6.07 Å². The van der Waals surface area contributed by atoms with E-state index < -0.39 is 0 Å². The van der Waals surface area contributed by atoms with Crippen LogP contribution in [0.4, 0.5) is 11.5 Å². The van der Waals surface area contributed by atoms with Crippen molar-refractivity contribution >= 4 is 23.3 Å². The fourth-order valence-corrected chi connectivity index (χ4v) is 3.52. The normalized spacial score (nSPS) is 17.7. The molecule has 1 aliphatic rings. The second-order valence-electron chi connectivity index (χ2n) is 5.03. The highest BCUT2D eigenvalue weighted by Gasteiger charge is 2.31. The third-order valence-corrected chi connectivity index (χ3v) is 5.30. The van der Waals surface area contributed by atoms with Crippen LogP contribution in [0.3, 0.4) is 0 Å². The molecule has 102 valence electrons. The number of nitrogens with one attached hydrogen (secondary N) is 1. The van der Waals surface area contributed by atoms with E-state index in [1.165, 1.54) is 32.1 Å². The summed E-state index contributed by atoms with van der Waals surface area (Å²) in [5, 5.41) is 12.3. The number of hydrogen-bond acceptors (Lipinski definition) is 5. The van der Waals surface area contributed by atoms with Crippen molar-refractivity contribution in [2.75, 3.05) is 23.9 Å². The molecule has 1 fully saturated rings. The molecule has 1 aromatic rings. The van der Waals surface area contributed by atoms with Crippen molar-refractivity contribution in [1.29, 1.82) is 5.26 Å². The maximum Gasteiger partial charge on any atom is 0.150 e. The number of nitriles is 1. The van der Waals surface area contributed by atoms with E-state index in [2.05, 4.69) is 22.6 Å². The smallest absolute Gasteiger partial charge is 0.150 e.